The maximum absolute atomic E-state index is 12.2. The molecule has 1 aromatic heterocycles. The molecule has 0 radical (unpaired) electrons. The number of primary amides is 1. The first-order valence-electron chi connectivity index (χ1n) is 6.72. The zero-order chi connectivity index (χ0) is 14.8. The highest BCUT2D eigenvalue weighted by molar-refractivity contribution is 5.90. The molecule has 2 amide bonds. The molecule has 1 heterocycles. The molecule has 6 heteroatoms. The fraction of sp³-hybridized carbons (Fsp3) is 0.267. The lowest BCUT2D eigenvalue weighted by Gasteiger charge is -2.08. The zero-order valence-electron chi connectivity index (χ0n) is 11.3. The Hall–Kier alpha value is -2.63. The number of benzene rings is 1. The molecular formula is C15H15N3O3. The monoisotopic (exact) mass is 285 g/mol. The summed E-state index contributed by atoms with van der Waals surface area (Å²) in [7, 11) is 0. The minimum absolute atomic E-state index is 0.0370. The third kappa shape index (κ3) is 2.79. The molecule has 0 spiro atoms. The standard InChI is InChI=1S/C15H15N3O3/c16-14(19)12-8-21-13(18-12)7-17-15(20)11-5-9-3-1-2-4-10(9)6-11/h1-4,8,11H,5-7H2,(H2,16,19)(H,17,20). The first-order chi connectivity index (χ1) is 10.1. The van der Waals surface area contributed by atoms with Gasteiger partial charge in [0, 0.05) is 5.92 Å². The molecule has 3 N–H and O–H groups in total. The van der Waals surface area contributed by atoms with Gasteiger partial charge < -0.3 is 15.5 Å². The van der Waals surface area contributed by atoms with E-state index in [9.17, 15) is 9.59 Å². The Morgan fingerprint density at radius 1 is 1.29 bits per heavy atom. The van der Waals surface area contributed by atoms with E-state index in [1.54, 1.807) is 0 Å². The number of oxazole rings is 1. The van der Waals surface area contributed by atoms with E-state index in [-0.39, 0.29) is 30.0 Å². The van der Waals surface area contributed by atoms with Crippen molar-refractivity contribution in [3.63, 3.8) is 0 Å². The van der Waals surface area contributed by atoms with Crippen molar-refractivity contribution in [2.75, 3.05) is 0 Å². The molecule has 0 fully saturated rings. The Balaban J connectivity index is 1.57. The van der Waals surface area contributed by atoms with Gasteiger partial charge >= 0.3 is 0 Å². The maximum Gasteiger partial charge on any atom is 0.270 e. The van der Waals surface area contributed by atoms with Crippen LogP contribution in [-0.2, 0) is 24.2 Å². The number of rotatable bonds is 4. The largest absolute Gasteiger partial charge is 0.446 e. The number of carbonyl (C=O) groups is 2. The van der Waals surface area contributed by atoms with Gasteiger partial charge in [-0.05, 0) is 24.0 Å². The van der Waals surface area contributed by atoms with Gasteiger partial charge in [0.25, 0.3) is 5.91 Å². The summed E-state index contributed by atoms with van der Waals surface area (Å²) < 4.78 is 5.07. The Labute approximate surface area is 121 Å². The van der Waals surface area contributed by atoms with E-state index in [1.807, 2.05) is 12.1 Å². The second-order valence-electron chi connectivity index (χ2n) is 5.08. The topological polar surface area (TPSA) is 98.2 Å². The third-order valence-electron chi connectivity index (χ3n) is 3.64. The smallest absolute Gasteiger partial charge is 0.270 e. The highest BCUT2D eigenvalue weighted by Crippen LogP contribution is 2.26. The summed E-state index contributed by atoms with van der Waals surface area (Å²) in [6, 6.07) is 8.07. The lowest BCUT2D eigenvalue weighted by atomic mass is 10.1. The second kappa shape index (κ2) is 5.40. The molecule has 1 aliphatic rings. The number of nitrogens with zero attached hydrogens (tertiary/aromatic N) is 1. The normalized spacial score (nSPS) is 13.9. The Morgan fingerprint density at radius 2 is 1.95 bits per heavy atom. The maximum atomic E-state index is 12.2. The van der Waals surface area contributed by atoms with Gasteiger partial charge in [0.1, 0.15) is 6.26 Å². The molecule has 21 heavy (non-hydrogen) atoms. The number of amides is 2. The second-order valence-corrected chi connectivity index (χ2v) is 5.08. The van der Waals surface area contributed by atoms with Gasteiger partial charge in [0.2, 0.25) is 11.8 Å². The molecule has 0 aliphatic heterocycles. The van der Waals surface area contributed by atoms with E-state index in [0.717, 1.165) is 12.8 Å². The van der Waals surface area contributed by atoms with Crippen LogP contribution in [0, 0.1) is 5.92 Å². The van der Waals surface area contributed by atoms with E-state index >= 15 is 0 Å². The number of hydrogen-bond donors (Lipinski definition) is 2. The van der Waals surface area contributed by atoms with Gasteiger partial charge in [0.15, 0.2) is 5.69 Å². The van der Waals surface area contributed by atoms with Crippen molar-refractivity contribution in [3.8, 4) is 0 Å². The van der Waals surface area contributed by atoms with Crippen LogP contribution in [0.25, 0.3) is 0 Å². The number of aromatic nitrogens is 1. The molecule has 3 rings (SSSR count). The van der Waals surface area contributed by atoms with Crippen molar-refractivity contribution >= 4 is 11.8 Å². The van der Waals surface area contributed by atoms with Gasteiger partial charge in [-0.15, -0.1) is 0 Å². The number of nitrogens with two attached hydrogens (primary N) is 1. The summed E-state index contributed by atoms with van der Waals surface area (Å²) >= 11 is 0. The van der Waals surface area contributed by atoms with E-state index in [4.69, 9.17) is 10.2 Å². The van der Waals surface area contributed by atoms with Gasteiger partial charge in [-0.3, -0.25) is 9.59 Å². The van der Waals surface area contributed by atoms with E-state index < -0.39 is 5.91 Å². The lowest BCUT2D eigenvalue weighted by Crippen LogP contribution is -2.30. The van der Waals surface area contributed by atoms with Crippen LogP contribution in [0.2, 0.25) is 0 Å². The van der Waals surface area contributed by atoms with Crippen LogP contribution in [0.1, 0.15) is 27.5 Å². The molecule has 0 atom stereocenters. The minimum atomic E-state index is -0.650. The third-order valence-corrected chi connectivity index (χ3v) is 3.64. The molecule has 2 aromatic rings. The molecule has 0 bridgehead atoms. The van der Waals surface area contributed by atoms with Crippen LogP contribution in [0.15, 0.2) is 34.9 Å². The van der Waals surface area contributed by atoms with Gasteiger partial charge in [-0.2, -0.15) is 0 Å². The predicted molar refractivity (Wildman–Crippen MR) is 74.2 cm³/mol. The molecule has 0 unspecified atom stereocenters. The van der Waals surface area contributed by atoms with Crippen molar-refractivity contribution in [2.24, 2.45) is 11.7 Å². The van der Waals surface area contributed by atoms with Crippen LogP contribution in [-0.4, -0.2) is 16.8 Å². The van der Waals surface area contributed by atoms with Crippen molar-refractivity contribution < 1.29 is 14.0 Å². The molecule has 1 aliphatic carbocycles. The molecular weight excluding hydrogens is 270 g/mol. The average molecular weight is 285 g/mol. The van der Waals surface area contributed by atoms with E-state index in [2.05, 4.69) is 22.4 Å². The van der Waals surface area contributed by atoms with Crippen LogP contribution >= 0.6 is 0 Å². The summed E-state index contributed by atoms with van der Waals surface area (Å²) in [4.78, 5) is 26.9. The number of carbonyl (C=O) groups excluding carboxylic acids is 2. The summed E-state index contributed by atoms with van der Waals surface area (Å²) in [6.07, 6.45) is 2.69. The minimum Gasteiger partial charge on any atom is -0.446 e. The fourth-order valence-electron chi connectivity index (χ4n) is 2.56. The number of fused-ring (bicyclic) bond motifs is 1. The highest BCUT2D eigenvalue weighted by atomic mass is 16.3. The molecule has 6 nitrogen and oxygen atoms in total. The summed E-state index contributed by atoms with van der Waals surface area (Å²) in [5.41, 5.74) is 7.60. The number of hydrogen-bond acceptors (Lipinski definition) is 4. The van der Waals surface area contributed by atoms with Crippen LogP contribution < -0.4 is 11.1 Å². The summed E-state index contributed by atoms with van der Waals surface area (Å²) in [5, 5.41) is 2.78. The Morgan fingerprint density at radius 3 is 2.52 bits per heavy atom. The van der Waals surface area contributed by atoms with Crippen LogP contribution in [0.3, 0.4) is 0 Å². The first-order valence-corrected chi connectivity index (χ1v) is 6.72. The van der Waals surface area contributed by atoms with Crippen LogP contribution in [0.5, 0.6) is 0 Å². The van der Waals surface area contributed by atoms with Crippen molar-refractivity contribution in [1.29, 1.82) is 0 Å². The molecule has 108 valence electrons. The average Bonchev–Trinajstić information content (AvgIpc) is 3.11. The molecule has 0 saturated carbocycles. The SMILES string of the molecule is NC(=O)c1coc(CNC(=O)C2Cc3ccccc3C2)n1. The first kappa shape index (κ1) is 13.4. The summed E-state index contributed by atoms with van der Waals surface area (Å²) in [5.74, 6) is -0.478. The van der Waals surface area contributed by atoms with E-state index in [1.165, 1.54) is 17.4 Å². The Kier molecular flexibility index (Phi) is 3.43. The predicted octanol–water partition coefficient (Wildman–Crippen LogP) is 0.805. The van der Waals surface area contributed by atoms with E-state index in [0.29, 0.717) is 0 Å². The van der Waals surface area contributed by atoms with Gasteiger partial charge in [-0.1, -0.05) is 24.3 Å². The number of nitrogens with one attached hydrogen (secondary N) is 1. The van der Waals surface area contributed by atoms with Gasteiger partial charge in [0.05, 0.1) is 6.54 Å². The quantitative estimate of drug-likeness (QED) is 0.868. The summed E-state index contributed by atoms with van der Waals surface area (Å²) in [6.45, 7) is 0.152. The lowest BCUT2D eigenvalue weighted by molar-refractivity contribution is -0.125. The Bertz CT molecular complexity index is 668. The molecule has 0 saturated heterocycles. The zero-order valence-corrected chi connectivity index (χ0v) is 11.3. The van der Waals surface area contributed by atoms with Crippen molar-refractivity contribution in [2.45, 2.75) is 19.4 Å². The van der Waals surface area contributed by atoms with Crippen LogP contribution in [0.4, 0.5) is 0 Å². The molecule has 1 aromatic carbocycles. The highest BCUT2D eigenvalue weighted by Gasteiger charge is 2.27. The van der Waals surface area contributed by atoms with Crippen molar-refractivity contribution in [1.82, 2.24) is 10.3 Å². The van der Waals surface area contributed by atoms with Crippen molar-refractivity contribution in [3.05, 3.63) is 53.2 Å². The fourth-order valence-corrected chi connectivity index (χ4v) is 2.56. The van der Waals surface area contributed by atoms with Gasteiger partial charge in [-0.25, -0.2) is 4.98 Å².